The number of amides is 2. The van der Waals surface area contributed by atoms with Crippen LogP contribution in [0.5, 0.6) is 5.75 Å². The summed E-state index contributed by atoms with van der Waals surface area (Å²) in [5.74, 6) is 0.132. The molecule has 6 nitrogen and oxygen atoms in total. The first kappa shape index (κ1) is 22.9. The first-order valence-corrected chi connectivity index (χ1v) is 11.9. The number of nitrogens with one attached hydrogen (secondary N) is 1. The van der Waals surface area contributed by atoms with Crippen LogP contribution in [0.1, 0.15) is 58.5 Å². The summed E-state index contributed by atoms with van der Waals surface area (Å²) in [5, 5.41) is 5.14. The maximum absolute atomic E-state index is 14.0. The third-order valence-electron chi connectivity index (χ3n) is 5.62. The second-order valence-corrected chi connectivity index (χ2v) is 8.73. The number of benzene rings is 2. The molecule has 1 aliphatic heterocycles. The molecule has 1 N–H and O–H groups in total. The molecule has 2 aromatic carbocycles. The highest BCUT2D eigenvalue weighted by Crippen LogP contribution is 2.37. The summed E-state index contributed by atoms with van der Waals surface area (Å²) in [5.41, 5.74) is 3.17. The van der Waals surface area contributed by atoms with Gasteiger partial charge in [0.1, 0.15) is 28.9 Å². The molecule has 0 radical (unpaired) electrons. The molecule has 0 fully saturated rings. The molecule has 0 unspecified atom stereocenters. The van der Waals surface area contributed by atoms with E-state index in [1.54, 1.807) is 11.4 Å². The second-order valence-electron chi connectivity index (χ2n) is 7.78. The maximum Gasteiger partial charge on any atom is 0.270 e. The predicted molar refractivity (Wildman–Crippen MR) is 125 cm³/mol. The van der Waals surface area contributed by atoms with Gasteiger partial charge in [-0.05, 0) is 54.3 Å². The Morgan fingerprint density at radius 3 is 2.85 bits per heavy atom. The zero-order valence-corrected chi connectivity index (χ0v) is 19.5. The summed E-state index contributed by atoms with van der Waals surface area (Å²) in [6.45, 7) is 5.05. The fourth-order valence-electron chi connectivity index (χ4n) is 4.07. The summed E-state index contributed by atoms with van der Waals surface area (Å²) in [4.78, 5) is 30.8. The highest BCUT2D eigenvalue weighted by Gasteiger charge is 2.32. The van der Waals surface area contributed by atoms with E-state index in [-0.39, 0.29) is 30.3 Å². The van der Waals surface area contributed by atoms with Crippen molar-refractivity contribution in [1.29, 1.82) is 0 Å². The fraction of sp³-hybridized carbons (Fsp3) is 0.320. The molecular weight excluding hydrogens is 441 g/mol. The molecule has 4 rings (SSSR count). The van der Waals surface area contributed by atoms with Crippen molar-refractivity contribution in [1.82, 2.24) is 15.2 Å². The van der Waals surface area contributed by atoms with Crippen molar-refractivity contribution in [2.24, 2.45) is 0 Å². The summed E-state index contributed by atoms with van der Waals surface area (Å²) in [6, 6.07) is 11.9. The number of hydrogen-bond donors (Lipinski definition) is 1. The summed E-state index contributed by atoms with van der Waals surface area (Å²) in [7, 11) is 0. The van der Waals surface area contributed by atoms with E-state index in [1.165, 1.54) is 23.5 Å². The molecule has 3 aromatic rings. The molecule has 1 aliphatic rings. The van der Waals surface area contributed by atoms with Gasteiger partial charge in [-0.1, -0.05) is 25.1 Å². The Balaban J connectivity index is 1.60. The van der Waals surface area contributed by atoms with Gasteiger partial charge in [-0.3, -0.25) is 9.59 Å². The number of nitrogens with zero attached hydrogens (tertiary/aromatic N) is 2. The molecule has 2 amide bonds. The number of hydrogen-bond acceptors (Lipinski definition) is 5. The molecule has 0 spiro atoms. The van der Waals surface area contributed by atoms with Gasteiger partial charge in [0.2, 0.25) is 5.91 Å². The summed E-state index contributed by atoms with van der Waals surface area (Å²) in [6.07, 6.45) is 1.12. The van der Waals surface area contributed by atoms with E-state index in [4.69, 9.17) is 4.74 Å². The van der Waals surface area contributed by atoms with Crippen LogP contribution in [0.15, 0.2) is 47.8 Å². The van der Waals surface area contributed by atoms with E-state index in [1.807, 2.05) is 43.0 Å². The van der Waals surface area contributed by atoms with E-state index >= 15 is 0 Å². The summed E-state index contributed by atoms with van der Waals surface area (Å²) < 4.78 is 20.0. The number of rotatable bonds is 7. The molecule has 33 heavy (non-hydrogen) atoms. The van der Waals surface area contributed by atoms with Gasteiger partial charge in [-0.2, -0.15) is 0 Å². The molecule has 0 bridgehead atoms. The third-order valence-corrected chi connectivity index (χ3v) is 6.44. The highest BCUT2D eigenvalue weighted by atomic mass is 32.1. The van der Waals surface area contributed by atoms with Crippen molar-refractivity contribution in [2.75, 3.05) is 13.1 Å². The Bertz CT molecular complexity index is 1160. The van der Waals surface area contributed by atoms with Gasteiger partial charge in [-0.25, -0.2) is 9.37 Å². The average molecular weight is 468 g/mol. The highest BCUT2D eigenvalue weighted by molar-refractivity contribution is 7.09. The average Bonchev–Trinajstić information content (AvgIpc) is 3.31. The molecule has 2 heterocycles. The van der Waals surface area contributed by atoms with Crippen molar-refractivity contribution < 1.29 is 18.7 Å². The van der Waals surface area contributed by atoms with Crippen LogP contribution >= 0.6 is 11.3 Å². The fourth-order valence-corrected chi connectivity index (χ4v) is 4.75. The lowest BCUT2D eigenvalue weighted by molar-refractivity contribution is -0.132. The summed E-state index contributed by atoms with van der Waals surface area (Å²) >= 11 is 1.37. The van der Waals surface area contributed by atoms with Crippen molar-refractivity contribution in [2.45, 2.75) is 39.3 Å². The molecule has 172 valence electrons. The number of aromatic nitrogens is 1. The minimum Gasteiger partial charge on any atom is -0.486 e. The Morgan fingerprint density at radius 2 is 2.09 bits per heavy atom. The lowest BCUT2D eigenvalue weighted by atomic mass is 9.87. The quantitative estimate of drug-likeness (QED) is 0.556. The van der Waals surface area contributed by atoms with Crippen LogP contribution < -0.4 is 10.1 Å². The second kappa shape index (κ2) is 10.1. The molecule has 1 atom stereocenters. The van der Waals surface area contributed by atoms with E-state index in [0.717, 1.165) is 23.1 Å². The number of carbonyl (C=O) groups excluding carboxylic acids is 2. The molecule has 1 aromatic heterocycles. The molecule has 0 saturated carbocycles. The van der Waals surface area contributed by atoms with Crippen molar-refractivity contribution in [3.8, 4) is 5.75 Å². The number of ether oxygens (including phenoxy) is 1. The Kier molecular flexibility index (Phi) is 7.03. The van der Waals surface area contributed by atoms with Crippen LogP contribution in [0.25, 0.3) is 0 Å². The van der Waals surface area contributed by atoms with Gasteiger partial charge >= 0.3 is 0 Å². The predicted octanol–water partition coefficient (Wildman–Crippen LogP) is 4.50. The van der Waals surface area contributed by atoms with E-state index in [9.17, 15) is 14.0 Å². The van der Waals surface area contributed by atoms with Gasteiger partial charge in [0.25, 0.3) is 5.91 Å². The zero-order chi connectivity index (χ0) is 23.4. The van der Waals surface area contributed by atoms with Crippen molar-refractivity contribution in [3.63, 3.8) is 0 Å². The van der Waals surface area contributed by atoms with E-state index in [2.05, 4.69) is 10.3 Å². The van der Waals surface area contributed by atoms with Gasteiger partial charge < -0.3 is 15.0 Å². The van der Waals surface area contributed by atoms with Crippen molar-refractivity contribution in [3.05, 3.63) is 81.1 Å². The SMILES string of the molecule is CCNC(=O)c1csc(COc2ccc3c(c2)[C@H](c2cccc(F)c2)N(C(=O)CC)CC3)n1. The maximum atomic E-state index is 14.0. The molecular formula is C25H26FN3O3S. The van der Waals surface area contributed by atoms with Crippen LogP contribution in [0, 0.1) is 5.82 Å². The van der Waals surface area contributed by atoms with Crippen LogP contribution in [0.2, 0.25) is 0 Å². The monoisotopic (exact) mass is 467 g/mol. The number of carbonyl (C=O) groups is 2. The Morgan fingerprint density at radius 1 is 1.24 bits per heavy atom. The molecule has 0 aliphatic carbocycles. The normalized spacial score (nSPS) is 15.1. The van der Waals surface area contributed by atoms with Gasteiger partial charge in [-0.15, -0.1) is 11.3 Å². The van der Waals surface area contributed by atoms with Gasteiger partial charge in [0, 0.05) is 24.9 Å². The largest absolute Gasteiger partial charge is 0.486 e. The topological polar surface area (TPSA) is 71.5 Å². The van der Waals surface area contributed by atoms with Crippen molar-refractivity contribution >= 4 is 23.2 Å². The first-order chi connectivity index (χ1) is 16.0. The van der Waals surface area contributed by atoms with Crippen LogP contribution in [-0.4, -0.2) is 34.8 Å². The Hall–Kier alpha value is -3.26. The lowest BCUT2D eigenvalue weighted by Gasteiger charge is -2.38. The van der Waals surface area contributed by atoms with Crippen LogP contribution in [0.3, 0.4) is 0 Å². The molecule has 0 saturated heterocycles. The van der Waals surface area contributed by atoms with E-state index < -0.39 is 0 Å². The van der Waals surface area contributed by atoms with Crippen LogP contribution in [0.4, 0.5) is 4.39 Å². The third kappa shape index (κ3) is 5.06. The molecule has 8 heteroatoms. The Labute approximate surface area is 196 Å². The number of fused-ring (bicyclic) bond motifs is 1. The van der Waals surface area contributed by atoms with Gasteiger partial charge in [0.05, 0.1) is 6.04 Å². The number of halogens is 1. The van der Waals surface area contributed by atoms with E-state index in [0.29, 0.717) is 36.0 Å². The lowest BCUT2D eigenvalue weighted by Crippen LogP contribution is -2.40. The zero-order valence-electron chi connectivity index (χ0n) is 18.6. The number of thiazole rings is 1. The standard InChI is InChI=1S/C25H26FN3O3S/c1-3-23(30)29-11-10-16-8-9-19(13-20(16)24(29)17-6-5-7-18(26)12-17)32-14-22-28-21(15-33-22)25(31)27-4-2/h5-9,12-13,15,24H,3-4,10-11,14H2,1-2H3,(H,27,31)/t24-/m0/s1. The first-order valence-electron chi connectivity index (χ1n) is 11.0. The van der Waals surface area contributed by atoms with Gasteiger partial charge in [0.15, 0.2) is 0 Å². The van der Waals surface area contributed by atoms with Crippen LogP contribution in [-0.2, 0) is 17.8 Å². The minimum absolute atomic E-state index is 0.0295. The smallest absolute Gasteiger partial charge is 0.270 e. The minimum atomic E-state index is -0.371.